The SMILES string of the molecule is CC(C(=O)N1CCOC(c2cc(F)c(Cl)cc2Cl)C1)C1CNC1.Cl. The Morgan fingerprint density at radius 2 is 2.08 bits per heavy atom. The Hall–Kier alpha value is -0.590. The molecule has 2 atom stereocenters. The van der Waals surface area contributed by atoms with Gasteiger partial charge in [0.15, 0.2) is 0 Å². The van der Waals surface area contributed by atoms with E-state index in [1.807, 2.05) is 6.92 Å². The molecule has 2 aliphatic heterocycles. The Kier molecular flexibility index (Phi) is 6.74. The minimum atomic E-state index is -0.535. The molecule has 0 aromatic heterocycles. The van der Waals surface area contributed by atoms with E-state index in [1.54, 1.807) is 4.90 Å². The van der Waals surface area contributed by atoms with Gasteiger partial charge in [-0.05, 0) is 31.1 Å². The highest BCUT2D eigenvalue weighted by Gasteiger charge is 2.34. The molecule has 2 unspecified atom stereocenters. The molecule has 2 fully saturated rings. The number of morpholine rings is 1. The second-order valence-electron chi connectivity index (χ2n) is 6.14. The van der Waals surface area contributed by atoms with Crippen LogP contribution in [0.2, 0.25) is 10.0 Å². The third-order valence-electron chi connectivity index (χ3n) is 4.67. The van der Waals surface area contributed by atoms with Gasteiger partial charge in [0.2, 0.25) is 5.91 Å². The average molecular weight is 398 g/mol. The third kappa shape index (κ3) is 3.97. The van der Waals surface area contributed by atoms with Gasteiger partial charge >= 0.3 is 0 Å². The molecule has 2 heterocycles. The van der Waals surface area contributed by atoms with Crippen molar-refractivity contribution in [1.29, 1.82) is 0 Å². The van der Waals surface area contributed by atoms with Crippen LogP contribution < -0.4 is 5.32 Å². The van der Waals surface area contributed by atoms with Crippen molar-refractivity contribution in [2.75, 3.05) is 32.8 Å². The Bertz CT molecular complexity index is 613. The lowest BCUT2D eigenvalue weighted by molar-refractivity contribution is -0.145. The molecule has 3 rings (SSSR count). The summed E-state index contributed by atoms with van der Waals surface area (Å²) in [6.07, 6.45) is -0.432. The van der Waals surface area contributed by atoms with Crippen LogP contribution in [-0.4, -0.2) is 43.6 Å². The van der Waals surface area contributed by atoms with Gasteiger partial charge in [0.05, 0.1) is 18.2 Å². The van der Waals surface area contributed by atoms with E-state index < -0.39 is 11.9 Å². The second-order valence-corrected chi connectivity index (χ2v) is 6.95. The molecule has 1 N–H and O–H groups in total. The molecule has 8 heteroatoms. The summed E-state index contributed by atoms with van der Waals surface area (Å²) in [5.41, 5.74) is 0.532. The number of hydrogen-bond donors (Lipinski definition) is 1. The van der Waals surface area contributed by atoms with Crippen molar-refractivity contribution >= 4 is 41.5 Å². The van der Waals surface area contributed by atoms with E-state index in [4.69, 9.17) is 27.9 Å². The Labute approximate surface area is 157 Å². The summed E-state index contributed by atoms with van der Waals surface area (Å²) in [7, 11) is 0. The lowest BCUT2D eigenvalue weighted by atomic mass is 9.87. The van der Waals surface area contributed by atoms with Crippen molar-refractivity contribution in [1.82, 2.24) is 10.2 Å². The second kappa shape index (κ2) is 8.19. The quantitative estimate of drug-likeness (QED) is 0.796. The molecule has 134 valence electrons. The van der Waals surface area contributed by atoms with Gasteiger partial charge in [-0.25, -0.2) is 4.39 Å². The first-order chi connectivity index (χ1) is 11.0. The van der Waals surface area contributed by atoms with Gasteiger partial charge in [-0.1, -0.05) is 30.1 Å². The number of hydrogen-bond acceptors (Lipinski definition) is 3. The molecule has 2 aliphatic rings. The number of halogens is 4. The van der Waals surface area contributed by atoms with E-state index in [1.165, 1.54) is 12.1 Å². The largest absolute Gasteiger partial charge is 0.370 e. The number of nitrogens with one attached hydrogen (secondary N) is 1. The Morgan fingerprint density at radius 1 is 1.38 bits per heavy atom. The van der Waals surface area contributed by atoms with Gasteiger partial charge in [0.25, 0.3) is 0 Å². The first-order valence-electron chi connectivity index (χ1n) is 7.73. The minimum Gasteiger partial charge on any atom is -0.370 e. The van der Waals surface area contributed by atoms with Gasteiger partial charge < -0.3 is 15.0 Å². The molecule has 0 radical (unpaired) electrons. The maximum absolute atomic E-state index is 13.7. The first kappa shape index (κ1) is 19.7. The number of nitrogens with zero attached hydrogens (tertiary/aromatic N) is 1. The van der Waals surface area contributed by atoms with Gasteiger partial charge in [0.1, 0.15) is 11.9 Å². The summed E-state index contributed by atoms with van der Waals surface area (Å²) >= 11 is 11.9. The van der Waals surface area contributed by atoms with E-state index in [0.717, 1.165) is 13.1 Å². The molecule has 0 bridgehead atoms. The summed E-state index contributed by atoms with van der Waals surface area (Å²) in [6.45, 7) is 5.07. The predicted molar refractivity (Wildman–Crippen MR) is 94.5 cm³/mol. The Balaban J connectivity index is 0.00000208. The van der Waals surface area contributed by atoms with Gasteiger partial charge in [0, 0.05) is 23.0 Å². The third-order valence-corrected chi connectivity index (χ3v) is 5.29. The number of amides is 1. The first-order valence-corrected chi connectivity index (χ1v) is 8.48. The van der Waals surface area contributed by atoms with Crippen LogP contribution in [0.3, 0.4) is 0 Å². The molecule has 0 spiro atoms. The highest BCUT2D eigenvalue weighted by atomic mass is 35.5. The fourth-order valence-electron chi connectivity index (χ4n) is 2.98. The molecule has 2 saturated heterocycles. The average Bonchev–Trinajstić information content (AvgIpc) is 2.48. The van der Waals surface area contributed by atoms with Crippen LogP contribution >= 0.6 is 35.6 Å². The summed E-state index contributed by atoms with van der Waals surface area (Å²) in [5.74, 6) is -0.0461. The number of benzene rings is 1. The van der Waals surface area contributed by atoms with Crippen LogP contribution in [0, 0.1) is 17.7 Å². The molecule has 0 aliphatic carbocycles. The fraction of sp³-hybridized carbons (Fsp3) is 0.562. The van der Waals surface area contributed by atoms with E-state index >= 15 is 0 Å². The van der Waals surface area contributed by atoms with E-state index in [2.05, 4.69) is 5.32 Å². The van der Waals surface area contributed by atoms with Gasteiger partial charge in [-0.2, -0.15) is 0 Å². The molecular formula is C16H20Cl3FN2O2. The smallest absolute Gasteiger partial charge is 0.225 e. The van der Waals surface area contributed by atoms with Crippen molar-refractivity contribution in [3.8, 4) is 0 Å². The zero-order chi connectivity index (χ0) is 16.6. The number of rotatable bonds is 3. The van der Waals surface area contributed by atoms with Crippen molar-refractivity contribution < 1.29 is 13.9 Å². The maximum Gasteiger partial charge on any atom is 0.225 e. The zero-order valence-corrected chi connectivity index (χ0v) is 15.6. The summed E-state index contributed by atoms with van der Waals surface area (Å²) in [4.78, 5) is 14.4. The van der Waals surface area contributed by atoms with Gasteiger partial charge in [-0.3, -0.25) is 4.79 Å². The number of carbonyl (C=O) groups excluding carboxylic acids is 1. The fourth-order valence-corrected chi connectivity index (χ4v) is 3.48. The minimum absolute atomic E-state index is 0. The van der Waals surface area contributed by atoms with Crippen molar-refractivity contribution in [2.24, 2.45) is 11.8 Å². The molecular weight excluding hydrogens is 378 g/mol. The van der Waals surface area contributed by atoms with Gasteiger partial charge in [-0.15, -0.1) is 12.4 Å². The van der Waals surface area contributed by atoms with Crippen LogP contribution in [0.5, 0.6) is 0 Å². The van der Waals surface area contributed by atoms with E-state index in [9.17, 15) is 9.18 Å². The zero-order valence-electron chi connectivity index (χ0n) is 13.2. The van der Waals surface area contributed by atoms with Crippen molar-refractivity contribution in [3.05, 3.63) is 33.6 Å². The van der Waals surface area contributed by atoms with Crippen LogP contribution in [-0.2, 0) is 9.53 Å². The molecule has 1 aromatic carbocycles. The van der Waals surface area contributed by atoms with E-state index in [0.29, 0.717) is 36.2 Å². The molecule has 24 heavy (non-hydrogen) atoms. The standard InChI is InChI=1S/C16H19Cl2FN2O2.ClH/c1-9(10-6-20-7-10)16(22)21-2-3-23-15(8-21)11-4-14(19)13(18)5-12(11)17;/h4-5,9-10,15,20H,2-3,6-8H2,1H3;1H. The monoisotopic (exact) mass is 396 g/mol. The number of ether oxygens (including phenoxy) is 1. The lowest BCUT2D eigenvalue weighted by Gasteiger charge is -2.38. The predicted octanol–water partition coefficient (Wildman–Crippen LogP) is 3.31. The Morgan fingerprint density at radius 3 is 2.71 bits per heavy atom. The summed E-state index contributed by atoms with van der Waals surface area (Å²) < 4.78 is 19.4. The molecule has 1 amide bonds. The maximum atomic E-state index is 13.7. The van der Waals surface area contributed by atoms with Crippen molar-refractivity contribution in [3.63, 3.8) is 0 Å². The highest BCUT2D eigenvalue weighted by Crippen LogP contribution is 2.33. The van der Waals surface area contributed by atoms with E-state index in [-0.39, 0.29) is 29.3 Å². The summed E-state index contributed by atoms with van der Waals surface area (Å²) in [5, 5.41) is 3.52. The van der Waals surface area contributed by atoms with Crippen LogP contribution in [0.15, 0.2) is 12.1 Å². The molecule has 4 nitrogen and oxygen atoms in total. The van der Waals surface area contributed by atoms with Crippen molar-refractivity contribution in [2.45, 2.75) is 13.0 Å². The normalized spacial score (nSPS) is 22.5. The molecule has 0 saturated carbocycles. The lowest BCUT2D eigenvalue weighted by Crippen LogP contribution is -2.52. The van der Waals surface area contributed by atoms with Crippen LogP contribution in [0.1, 0.15) is 18.6 Å². The number of carbonyl (C=O) groups is 1. The summed E-state index contributed by atoms with van der Waals surface area (Å²) in [6, 6.07) is 2.67. The van der Waals surface area contributed by atoms with Crippen LogP contribution in [0.4, 0.5) is 4.39 Å². The van der Waals surface area contributed by atoms with Crippen LogP contribution in [0.25, 0.3) is 0 Å². The molecule has 1 aromatic rings. The topological polar surface area (TPSA) is 41.6 Å². The highest BCUT2D eigenvalue weighted by molar-refractivity contribution is 6.35.